The molecule has 4 unspecified atom stereocenters. The highest BCUT2D eigenvalue weighted by molar-refractivity contribution is 5.37. The van der Waals surface area contributed by atoms with Gasteiger partial charge in [-0.1, -0.05) is 95.9 Å². The molecule has 3 rings (SSSR count). The summed E-state index contributed by atoms with van der Waals surface area (Å²) in [5.41, 5.74) is 6.52. The molecule has 3 fully saturated rings. The summed E-state index contributed by atoms with van der Waals surface area (Å²) < 4.78 is 0. The van der Waals surface area contributed by atoms with Crippen LogP contribution in [0.1, 0.15) is 119 Å². The standard InChI is InChI=1S/C29H46.C2H6/c1-21(2)10-7-8-12-27-17-18-28-24(11-9-19-29(27,28)6)15-16-26-20-25(22(3)4)14-13-23(26)5;1-2/h15-16,21,25,27-28H,3,5,7-14,17-20H2,1-2,4,6H3;1-2H3/b24-15+,26-16+;. The monoisotopic (exact) mass is 424 g/mol. The maximum Gasteiger partial charge on any atom is -0.0143 e. The predicted molar refractivity (Wildman–Crippen MR) is 140 cm³/mol. The molecule has 4 atom stereocenters. The number of hydrogen-bond acceptors (Lipinski definition) is 0. The predicted octanol–water partition coefficient (Wildman–Crippen LogP) is 10.2. The first-order chi connectivity index (χ1) is 14.8. The lowest BCUT2D eigenvalue weighted by atomic mass is 9.62. The van der Waals surface area contributed by atoms with Crippen LogP contribution < -0.4 is 0 Å². The highest BCUT2D eigenvalue weighted by atomic mass is 14.5. The minimum atomic E-state index is 0.560. The SMILES string of the molecule is C=C1CCC(C(=C)C)C/C1=C\C=C1/CCCC2(C)C(CCCCC(C)C)CCC12.CC. The van der Waals surface area contributed by atoms with E-state index < -0.39 is 0 Å². The summed E-state index contributed by atoms with van der Waals surface area (Å²) in [7, 11) is 0. The number of allylic oxidation sites excluding steroid dienone is 6. The molecule has 0 N–H and O–H groups in total. The molecular formula is C31H52. The summed E-state index contributed by atoms with van der Waals surface area (Å²) >= 11 is 0. The van der Waals surface area contributed by atoms with Crippen molar-refractivity contribution in [2.45, 2.75) is 119 Å². The molecule has 0 radical (unpaired) electrons. The molecule has 0 bridgehead atoms. The maximum absolute atomic E-state index is 4.37. The van der Waals surface area contributed by atoms with Crippen LogP contribution in [0, 0.1) is 29.1 Å². The van der Waals surface area contributed by atoms with E-state index in [9.17, 15) is 0 Å². The minimum Gasteiger partial charge on any atom is -0.0998 e. The number of hydrogen-bond donors (Lipinski definition) is 0. The molecule has 31 heavy (non-hydrogen) atoms. The van der Waals surface area contributed by atoms with Gasteiger partial charge in [-0.05, 0) is 99.4 Å². The average Bonchev–Trinajstić information content (AvgIpc) is 3.08. The Balaban J connectivity index is 0.00000166. The fraction of sp³-hybridized carbons (Fsp3) is 0.742. The topological polar surface area (TPSA) is 0 Å². The largest absolute Gasteiger partial charge is 0.0998 e. The van der Waals surface area contributed by atoms with Gasteiger partial charge in [0.15, 0.2) is 0 Å². The van der Waals surface area contributed by atoms with E-state index in [4.69, 9.17) is 0 Å². The Morgan fingerprint density at radius 3 is 2.52 bits per heavy atom. The Labute approximate surface area is 195 Å². The molecule has 0 amide bonds. The Morgan fingerprint density at radius 1 is 1.10 bits per heavy atom. The van der Waals surface area contributed by atoms with Gasteiger partial charge in [0.2, 0.25) is 0 Å². The van der Waals surface area contributed by atoms with Gasteiger partial charge in [0.25, 0.3) is 0 Å². The molecule has 3 aliphatic carbocycles. The summed E-state index contributed by atoms with van der Waals surface area (Å²) in [5.74, 6) is 3.30. The molecule has 0 aromatic carbocycles. The molecule has 3 aliphatic rings. The van der Waals surface area contributed by atoms with Crippen LogP contribution >= 0.6 is 0 Å². The molecular weight excluding hydrogens is 372 g/mol. The highest BCUT2D eigenvalue weighted by Gasteiger charge is 2.48. The van der Waals surface area contributed by atoms with Gasteiger partial charge in [-0.15, -0.1) is 0 Å². The van der Waals surface area contributed by atoms with Crippen LogP contribution in [0.5, 0.6) is 0 Å². The van der Waals surface area contributed by atoms with Crippen molar-refractivity contribution in [2.24, 2.45) is 29.1 Å². The van der Waals surface area contributed by atoms with Crippen molar-refractivity contribution in [3.05, 3.63) is 47.6 Å². The molecule has 0 heteroatoms. The van der Waals surface area contributed by atoms with Crippen LogP contribution in [0.15, 0.2) is 47.6 Å². The van der Waals surface area contributed by atoms with E-state index in [1.165, 1.54) is 80.9 Å². The van der Waals surface area contributed by atoms with Crippen molar-refractivity contribution in [3.63, 3.8) is 0 Å². The molecule has 0 heterocycles. The van der Waals surface area contributed by atoms with Gasteiger partial charge in [0.1, 0.15) is 0 Å². The molecule has 0 spiro atoms. The summed E-state index contributed by atoms with van der Waals surface area (Å²) in [4.78, 5) is 0. The van der Waals surface area contributed by atoms with Crippen LogP contribution in [0.2, 0.25) is 0 Å². The number of rotatable bonds is 7. The van der Waals surface area contributed by atoms with E-state index >= 15 is 0 Å². The van der Waals surface area contributed by atoms with Crippen LogP contribution in [-0.2, 0) is 0 Å². The van der Waals surface area contributed by atoms with Gasteiger partial charge >= 0.3 is 0 Å². The summed E-state index contributed by atoms with van der Waals surface area (Å²) in [6.07, 6.45) is 21.3. The number of unbranched alkanes of at least 4 members (excludes halogenated alkanes) is 1. The third kappa shape index (κ3) is 6.72. The van der Waals surface area contributed by atoms with Crippen molar-refractivity contribution >= 4 is 0 Å². The van der Waals surface area contributed by atoms with Crippen molar-refractivity contribution in [1.82, 2.24) is 0 Å². The summed E-state index contributed by atoms with van der Waals surface area (Å²) in [6, 6.07) is 0. The Hall–Kier alpha value is -1.04. The van der Waals surface area contributed by atoms with Gasteiger partial charge in [0.05, 0.1) is 0 Å². The molecule has 0 aromatic rings. The van der Waals surface area contributed by atoms with E-state index in [0.717, 1.165) is 30.6 Å². The van der Waals surface area contributed by atoms with E-state index in [-0.39, 0.29) is 0 Å². The van der Waals surface area contributed by atoms with Crippen LogP contribution in [0.25, 0.3) is 0 Å². The van der Waals surface area contributed by atoms with Gasteiger partial charge < -0.3 is 0 Å². The Kier molecular flexibility index (Phi) is 10.4. The van der Waals surface area contributed by atoms with Gasteiger partial charge in [-0.2, -0.15) is 0 Å². The normalized spacial score (nSPS) is 33.4. The summed E-state index contributed by atoms with van der Waals surface area (Å²) in [5, 5.41) is 0. The quantitative estimate of drug-likeness (QED) is 0.281. The van der Waals surface area contributed by atoms with E-state index in [1.54, 1.807) is 5.57 Å². The lowest BCUT2D eigenvalue weighted by Crippen LogP contribution is -2.33. The number of fused-ring (bicyclic) bond motifs is 1. The zero-order valence-electron chi connectivity index (χ0n) is 21.9. The van der Waals surface area contributed by atoms with Crippen molar-refractivity contribution in [2.75, 3.05) is 0 Å². The van der Waals surface area contributed by atoms with Gasteiger partial charge in [-0.3, -0.25) is 0 Å². The van der Waals surface area contributed by atoms with Crippen LogP contribution in [0.3, 0.4) is 0 Å². The first-order valence-corrected chi connectivity index (χ1v) is 13.5. The average molecular weight is 425 g/mol. The first-order valence-electron chi connectivity index (χ1n) is 13.5. The maximum atomic E-state index is 4.37. The van der Waals surface area contributed by atoms with Crippen LogP contribution in [-0.4, -0.2) is 0 Å². The summed E-state index contributed by atoms with van der Waals surface area (Å²) in [6.45, 7) is 22.1. The molecule has 0 aromatic heterocycles. The van der Waals surface area contributed by atoms with Crippen LogP contribution in [0.4, 0.5) is 0 Å². The van der Waals surface area contributed by atoms with E-state index in [1.807, 2.05) is 13.8 Å². The Morgan fingerprint density at radius 2 is 1.84 bits per heavy atom. The molecule has 176 valence electrons. The third-order valence-corrected chi connectivity index (χ3v) is 8.66. The zero-order valence-corrected chi connectivity index (χ0v) is 21.9. The minimum absolute atomic E-state index is 0.560. The van der Waals surface area contributed by atoms with Gasteiger partial charge in [0, 0.05) is 0 Å². The zero-order chi connectivity index (χ0) is 23.0. The van der Waals surface area contributed by atoms with Crippen molar-refractivity contribution in [1.29, 1.82) is 0 Å². The highest BCUT2D eigenvalue weighted by Crippen LogP contribution is 2.58. The second-order valence-corrected chi connectivity index (χ2v) is 11.2. The first kappa shape index (κ1) is 26.2. The smallest absolute Gasteiger partial charge is 0.0143 e. The lowest BCUT2D eigenvalue weighted by Gasteiger charge is -2.42. The van der Waals surface area contributed by atoms with Crippen molar-refractivity contribution < 1.29 is 0 Å². The van der Waals surface area contributed by atoms with Crippen molar-refractivity contribution in [3.8, 4) is 0 Å². The fourth-order valence-corrected chi connectivity index (χ4v) is 6.60. The second kappa shape index (κ2) is 12.3. The molecule has 0 aliphatic heterocycles. The van der Waals surface area contributed by atoms with E-state index in [2.05, 4.69) is 53.0 Å². The molecule has 3 saturated carbocycles. The van der Waals surface area contributed by atoms with E-state index in [0.29, 0.717) is 11.3 Å². The molecule has 0 saturated heterocycles. The fourth-order valence-electron chi connectivity index (χ4n) is 6.60. The molecule has 0 nitrogen and oxygen atoms in total. The Bertz CT molecular complexity index is 658. The second-order valence-electron chi connectivity index (χ2n) is 11.2. The third-order valence-electron chi connectivity index (χ3n) is 8.66. The van der Waals surface area contributed by atoms with Gasteiger partial charge in [-0.25, -0.2) is 0 Å². The lowest BCUT2D eigenvalue weighted by molar-refractivity contribution is 0.127.